The molecule has 1 fully saturated rings. The van der Waals surface area contributed by atoms with Gasteiger partial charge in [-0.2, -0.15) is 0 Å². The van der Waals surface area contributed by atoms with Crippen molar-refractivity contribution >= 4 is 0 Å². The predicted octanol–water partition coefficient (Wildman–Crippen LogP) is 2.79. The lowest BCUT2D eigenvalue weighted by Crippen LogP contribution is -2.47. The Kier molecular flexibility index (Phi) is 3.99. The Morgan fingerprint density at radius 2 is 1.56 bits per heavy atom. The van der Waals surface area contributed by atoms with Crippen LogP contribution in [0.5, 0.6) is 0 Å². The third-order valence-corrected chi connectivity index (χ3v) is 1.69. The van der Waals surface area contributed by atoms with Gasteiger partial charge in [-0.05, 0) is 47.6 Å². The van der Waals surface area contributed by atoms with Crippen molar-refractivity contribution in [2.75, 3.05) is 0 Å². The molecule has 16 heavy (non-hydrogen) atoms. The fourth-order valence-corrected chi connectivity index (χ4v) is 1.04. The molecule has 0 N–H and O–H groups in total. The minimum Gasteiger partial charge on any atom is -0.496 e. The van der Waals surface area contributed by atoms with Gasteiger partial charge in [-0.1, -0.05) is 0 Å². The van der Waals surface area contributed by atoms with Crippen LogP contribution in [0.25, 0.3) is 0 Å². The summed E-state index contributed by atoms with van der Waals surface area (Å²) in [6.45, 7) is 11.9. The van der Waals surface area contributed by atoms with Crippen molar-refractivity contribution in [1.82, 2.24) is 0 Å². The van der Waals surface area contributed by atoms with Gasteiger partial charge in [0.2, 0.25) is 6.29 Å². The summed E-state index contributed by atoms with van der Waals surface area (Å²) in [7, 11) is 0. The molecule has 1 rings (SSSR count). The van der Waals surface area contributed by atoms with Crippen molar-refractivity contribution in [3.05, 3.63) is 12.3 Å². The normalized spacial score (nSPS) is 26.9. The molecule has 4 nitrogen and oxygen atoms in total. The predicted molar refractivity (Wildman–Crippen MR) is 60.6 cm³/mol. The molecule has 0 bridgehead atoms. The lowest BCUT2D eigenvalue weighted by atomic mass is 10.2. The van der Waals surface area contributed by atoms with Crippen molar-refractivity contribution in [3.63, 3.8) is 0 Å². The van der Waals surface area contributed by atoms with Crippen LogP contribution in [-0.2, 0) is 19.2 Å². The minimum atomic E-state index is -0.347. The molecule has 2 atom stereocenters. The first kappa shape index (κ1) is 13.5. The molecule has 0 aromatic heterocycles. The van der Waals surface area contributed by atoms with E-state index >= 15 is 0 Å². The average molecular weight is 230 g/mol. The van der Waals surface area contributed by atoms with E-state index in [-0.39, 0.29) is 23.6 Å². The van der Waals surface area contributed by atoms with Crippen LogP contribution in [0.15, 0.2) is 12.3 Å². The second kappa shape index (κ2) is 4.73. The molecule has 0 spiro atoms. The van der Waals surface area contributed by atoms with E-state index in [2.05, 4.69) is 0 Å². The fraction of sp³-hybridized carbons (Fsp3) is 0.833. The second-order valence-corrected chi connectivity index (χ2v) is 5.81. The number of hydrogen-bond donors (Lipinski definition) is 0. The summed E-state index contributed by atoms with van der Waals surface area (Å²) >= 11 is 0. The molecule has 1 saturated heterocycles. The van der Waals surface area contributed by atoms with E-state index in [1.54, 1.807) is 12.3 Å². The third kappa shape index (κ3) is 4.96. The SMILES string of the molecule is CC(C)(C)O/C=C\[C@@H]1OO[C@@H]1OC(C)(C)C. The molecule has 0 radical (unpaired) electrons. The first-order chi connectivity index (χ1) is 7.17. The van der Waals surface area contributed by atoms with Crippen LogP contribution in [0.3, 0.4) is 0 Å². The van der Waals surface area contributed by atoms with Crippen molar-refractivity contribution in [1.29, 1.82) is 0 Å². The largest absolute Gasteiger partial charge is 0.496 e. The molecule has 0 aliphatic carbocycles. The Morgan fingerprint density at radius 1 is 0.938 bits per heavy atom. The summed E-state index contributed by atoms with van der Waals surface area (Å²) in [6, 6.07) is 0. The summed E-state index contributed by atoms with van der Waals surface area (Å²) < 4.78 is 11.1. The van der Waals surface area contributed by atoms with Crippen molar-refractivity contribution < 1.29 is 19.2 Å². The second-order valence-electron chi connectivity index (χ2n) is 5.81. The summed E-state index contributed by atoms with van der Waals surface area (Å²) in [4.78, 5) is 9.79. The highest BCUT2D eigenvalue weighted by atomic mass is 17.3. The van der Waals surface area contributed by atoms with Gasteiger partial charge in [0.15, 0.2) is 6.10 Å². The zero-order valence-electron chi connectivity index (χ0n) is 10.9. The van der Waals surface area contributed by atoms with Gasteiger partial charge in [0, 0.05) is 0 Å². The van der Waals surface area contributed by atoms with Crippen LogP contribution in [0.2, 0.25) is 0 Å². The van der Waals surface area contributed by atoms with E-state index < -0.39 is 0 Å². The lowest BCUT2D eigenvalue weighted by molar-refractivity contribution is -0.516. The van der Waals surface area contributed by atoms with Gasteiger partial charge in [0.1, 0.15) is 0 Å². The molecule has 1 aliphatic heterocycles. The van der Waals surface area contributed by atoms with Crippen LogP contribution in [-0.4, -0.2) is 23.6 Å². The van der Waals surface area contributed by atoms with Gasteiger partial charge in [-0.15, -0.1) is 0 Å². The summed E-state index contributed by atoms with van der Waals surface area (Å²) in [6.07, 6.45) is 2.89. The van der Waals surface area contributed by atoms with Gasteiger partial charge in [-0.3, -0.25) is 0 Å². The number of hydrogen-bond acceptors (Lipinski definition) is 4. The quantitative estimate of drug-likeness (QED) is 0.552. The first-order valence-electron chi connectivity index (χ1n) is 5.52. The Morgan fingerprint density at radius 3 is 1.94 bits per heavy atom. The van der Waals surface area contributed by atoms with Gasteiger partial charge < -0.3 is 9.47 Å². The minimum absolute atomic E-state index is 0.193. The van der Waals surface area contributed by atoms with Gasteiger partial charge in [0.05, 0.1) is 17.5 Å². The monoisotopic (exact) mass is 230 g/mol. The Balaban J connectivity index is 2.34. The molecule has 0 saturated carbocycles. The van der Waals surface area contributed by atoms with E-state index in [1.807, 2.05) is 41.5 Å². The van der Waals surface area contributed by atoms with Crippen molar-refractivity contribution in [3.8, 4) is 0 Å². The van der Waals surface area contributed by atoms with Gasteiger partial charge in [-0.25, -0.2) is 9.78 Å². The molecule has 94 valence electrons. The number of rotatable bonds is 3. The van der Waals surface area contributed by atoms with Crippen molar-refractivity contribution in [2.45, 2.75) is 65.1 Å². The Hall–Kier alpha value is -0.580. The summed E-state index contributed by atoms with van der Waals surface area (Å²) in [5, 5.41) is 0. The summed E-state index contributed by atoms with van der Waals surface area (Å²) in [5.74, 6) is 0. The molecule has 0 amide bonds. The molecule has 1 heterocycles. The average Bonchev–Trinajstić information content (AvgIpc) is 2.03. The molecular formula is C12H22O4. The van der Waals surface area contributed by atoms with E-state index in [9.17, 15) is 0 Å². The maximum absolute atomic E-state index is 5.61. The van der Waals surface area contributed by atoms with E-state index in [1.165, 1.54) is 0 Å². The molecular weight excluding hydrogens is 208 g/mol. The smallest absolute Gasteiger partial charge is 0.225 e. The van der Waals surface area contributed by atoms with Crippen LogP contribution in [0.1, 0.15) is 41.5 Å². The summed E-state index contributed by atoms with van der Waals surface area (Å²) in [5.41, 5.74) is -0.438. The topological polar surface area (TPSA) is 36.9 Å². The highest BCUT2D eigenvalue weighted by molar-refractivity contribution is 4.90. The highest BCUT2D eigenvalue weighted by Crippen LogP contribution is 2.25. The van der Waals surface area contributed by atoms with E-state index in [4.69, 9.17) is 19.2 Å². The number of ether oxygens (including phenoxy) is 2. The first-order valence-corrected chi connectivity index (χ1v) is 5.52. The zero-order valence-corrected chi connectivity index (χ0v) is 10.9. The van der Waals surface area contributed by atoms with Crippen LogP contribution >= 0.6 is 0 Å². The van der Waals surface area contributed by atoms with Gasteiger partial charge >= 0.3 is 0 Å². The maximum Gasteiger partial charge on any atom is 0.225 e. The lowest BCUT2D eigenvalue weighted by Gasteiger charge is -2.36. The van der Waals surface area contributed by atoms with Crippen LogP contribution in [0, 0.1) is 0 Å². The third-order valence-electron chi connectivity index (χ3n) is 1.69. The van der Waals surface area contributed by atoms with Crippen LogP contribution < -0.4 is 0 Å². The Bertz CT molecular complexity index is 247. The molecule has 0 unspecified atom stereocenters. The van der Waals surface area contributed by atoms with Crippen LogP contribution in [0.4, 0.5) is 0 Å². The Labute approximate surface area is 97.4 Å². The van der Waals surface area contributed by atoms with E-state index in [0.29, 0.717) is 0 Å². The molecule has 4 heteroatoms. The maximum atomic E-state index is 5.61. The molecule has 0 aromatic carbocycles. The van der Waals surface area contributed by atoms with Crippen molar-refractivity contribution in [2.24, 2.45) is 0 Å². The van der Waals surface area contributed by atoms with E-state index in [0.717, 1.165) is 0 Å². The highest BCUT2D eigenvalue weighted by Gasteiger charge is 2.37. The van der Waals surface area contributed by atoms with Gasteiger partial charge in [0.25, 0.3) is 0 Å². The molecule has 0 aromatic rings. The zero-order chi connectivity index (χ0) is 12.4. The fourth-order valence-electron chi connectivity index (χ4n) is 1.04. The molecule has 1 aliphatic rings. The standard InChI is InChI=1S/C12H22O4/c1-11(2,3)13-8-7-9-10(16-15-9)14-12(4,5)6/h7-10H,1-6H3/b8-7-/t9-,10-/m0/s1.